The third-order valence-electron chi connectivity index (χ3n) is 1.55. The first-order valence-corrected chi connectivity index (χ1v) is 4.12. The fraction of sp³-hybridized carbons (Fsp3) is 0.273. The molecule has 0 spiro atoms. The number of carbonyl (C=O) groups excluding carboxylic acids is 2. The van der Waals surface area contributed by atoms with E-state index in [1.54, 1.807) is 24.3 Å². The normalized spacial score (nSPS) is 13.6. The summed E-state index contributed by atoms with van der Waals surface area (Å²) in [6.07, 6.45) is -0.719. The van der Waals surface area contributed by atoms with E-state index in [2.05, 4.69) is 0 Å². The number of benzene rings is 1. The minimum absolute atomic E-state index is 0.0357. The van der Waals surface area contributed by atoms with E-state index < -0.39 is 25.0 Å². The van der Waals surface area contributed by atoms with Crippen LogP contribution in [0.3, 0.4) is 0 Å². The third-order valence-corrected chi connectivity index (χ3v) is 1.55. The van der Waals surface area contributed by atoms with Gasteiger partial charge < -0.3 is 4.74 Å². The third kappa shape index (κ3) is 3.85. The van der Waals surface area contributed by atoms with Gasteiger partial charge in [0.1, 0.15) is 18.8 Å². The first kappa shape index (κ1) is 6.76. The highest BCUT2D eigenvalue weighted by molar-refractivity contribution is 5.94. The Balaban J connectivity index is 2.39. The molecule has 0 aromatic heterocycles. The van der Waals surface area contributed by atoms with Crippen LogP contribution in [0.15, 0.2) is 30.3 Å². The van der Waals surface area contributed by atoms with Gasteiger partial charge in [-0.05, 0) is 12.4 Å². The molecule has 3 heteroatoms. The minimum atomic E-state index is -2.74. The highest BCUT2D eigenvalue weighted by atomic mass is 16.5. The lowest BCUT2D eigenvalue weighted by Crippen LogP contribution is -2.08. The number of hydrogen-bond acceptors (Lipinski definition) is 3. The van der Waals surface area contributed by atoms with Gasteiger partial charge in [0.25, 0.3) is 0 Å². The smallest absolute Gasteiger partial charge is 0.313 e. The largest absolute Gasteiger partial charge is 0.460 e. The standard InChI is InChI=1S/C11H12O3/c1-9(12)7-11(13)14-8-10-5-3-2-4-6-10/h2-6H,7-8H2,1H3/i1D3. The lowest BCUT2D eigenvalue weighted by atomic mass is 10.2. The summed E-state index contributed by atoms with van der Waals surface area (Å²) in [5.41, 5.74) is 0.780. The number of carbonyl (C=O) groups is 2. The van der Waals surface area contributed by atoms with Crippen LogP contribution in [-0.2, 0) is 20.9 Å². The van der Waals surface area contributed by atoms with E-state index >= 15 is 0 Å². The average Bonchev–Trinajstić information content (AvgIpc) is 2.26. The highest BCUT2D eigenvalue weighted by Crippen LogP contribution is 2.01. The van der Waals surface area contributed by atoms with Crippen molar-refractivity contribution in [2.75, 3.05) is 0 Å². The summed E-state index contributed by atoms with van der Waals surface area (Å²) in [6, 6.07) is 8.93. The van der Waals surface area contributed by atoms with Crippen molar-refractivity contribution in [3.05, 3.63) is 35.9 Å². The Morgan fingerprint density at radius 1 is 1.36 bits per heavy atom. The van der Waals surface area contributed by atoms with Gasteiger partial charge in [0.15, 0.2) is 0 Å². The van der Waals surface area contributed by atoms with Gasteiger partial charge in [0.2, 0.25) is 0 Å². The van der Waals surface area contributed by atoms with E-state index in [-0.39, 0.29) is 6.61 Å². The predicted molar refractivity (Wildman–Crippen MR) is 51.5 cm³/mol. The molecule has 0 aliphatic carbocycles. The summed E-state index contributed by atoms with van der Waals surface area (Å²) < 4.78 is 25.2. The van der Waals surface area contributed by atoms with Crippen LogP contribution in [0, 0.1) is 0 Å². The van der Waals surface area contributed by atoms with Crippen LogP contribution < -0.4 is 0 Å². The van der Waals surface area contributed by atoms with E-state index in [0.717, 1.165) is 5.56 Å². The van der Waals surface area contributed by atoms with E-state index in [4.69, 9.17) is 8.85 Å². The molecular weight excluding hydrogens is 180 g/mol. The summed E-state index contributed by atoms with van der Waals surface area (Å²) in [6.45, 7) is -2.71. The fourth-order valence-electron chi connectivity index (χ4n) is 0.920. The zero-order valence-electron chi connectivity index (χ0n) is 10.5. The van der Waals surface area contributed by atoms with Crippen molar-refractivity contribution < 1.29 is 18.4 Å². The zero-order chi connectivity index (χ0) is 12.9. The monoisotopic (exact) mass is 195 g/mol. The molecule has 3 nitrogen and oxygen atoms in total. The number of ketones is 1. The van der Waals surface area contributed by atoms with E-state index in [1.807, 2.05) is 6.07 Å². The van der Waals surface area contributed by atoms with Crippen LogP contribution >= 0.6 is 0 Å². The van der Waals surface area contributed by atoms with Crippen molar-refractivity contribution in [1.29, 1.82) is 0 Å². The predicted octanol–water partition coefficient (Wildman–Crippen LogP) is 1.71. The van der Waals surface area contributed by atoms with E-state index in [9.17, 15) is 9.59 Å². The van der Waals surface area contributed by atoms with Gasteiger partial charge in [0, 0.05) is 4.11 Å². The first-order chi connectivity index (χ1) is 7.89. The maximum Gasteiger partial charge on any atom is 0.313 e. The molecule has 0 bridgehead atoms. The van der Waals surface area contributed by atoms with Crippen LogP contribution in [0.2, 0.25) is 0 Å². The Hall–Kier alpha value is -1.64. The molecule has 74 valence electrons. The summed E-state index contributed by atoms with van der Waals surface area (Å²) in [5.74, 6) is -1.93. The van der Waals surface area contributed by atoms with Gasteiger partial charge in [-0.2, -0.15) is 0 Å². The van der Waals surface area contributed by atoms with Crippen LogP contribution in [0.4, 0.5) is 0 Å². The molecule has 0 saturated heterocycles. The molecular formula is C11H12O3. The highest BCUT2D eigenvalue weighted by Gasteiger charge is 2.05. The van der Waals surface area contributed by atoms with Crippen LogP contribution in [-0.4, -0.2) is 11.8 Å². The molecule has 1 aromatic carbocycles. The fourth-order valence-corrected chi connectivity index (χ4v) is 0.920. The van der Waals surface area contributed by atoms with Crippen LogP contribution in [0.25, 0.3) is 0 Å². The second-order valence-electron chi connectivity index (χ2n) is 2.75. The molecule has 14 heavy (non-hydrogen) atoms. The van der Waals surface area contributed by atoms with Crippen LogP contribution in [0.5, 0.6) is 0 Å². The summed E-state index contributed by atoms with van der Waals surface area (Å²) in [5, 5.41) is 0. The summed E-state index contributed by atoms with van der Waals surface area (Å²) in [7, 11) is 0. The number of Topliss-reactive ketones (excluding diaryl/α,β-unsaturated/α-hetero) is 1. The Labute approximate surface area is 86.9 Å². The Morgan fingerprint density at radius 2 is 2.07 bits per heavy atom. The van der Waals surface area contributed by atoms with Crippen molar-refractivity contribution >= 4 is 11.8 Å². The molecule has 0 radical (unpaired) electrons. The van der Waals surface area contributed by atoms with Gasteiger partial charge in [-0.25, -0.2) is 0 Å². The van der Waals surface area contributed by atoms with Crippen molar-refractivity contribution in [2.24, 2.45) is 0 Å². The molecule has 0 heterocycles. The molecule has 0 atom stereocenters. The number of ether oxygens (including phenoxy) is 1. The number of rotatable bonds is 4. The summed E-state index contributed by atoms with van der Waals surface area (Å²) >= 11 is 0. The van der Waals surface area contributed by atoms with Gasteiger partial charge in [0.05, 0.1) is 0 Å². The second kappa shape index (κ2) is 5.17. The Bertz CT molecular complexity index is 398. The Morgan fingerprint density at radius 3 is 2.71 bits per heavy atom. The van der Waals surface area contributed by atoms with Crippen molar-refractivity contribution in [2.45, 2.75) is 19.9 Å². The maximum absolute atomic E-state index is 11.2. The molecule has 0 aliphatic heterocycles. The van der Waals surface area contributed by atoms with Gasteiger partial charge in [-0.1, -0.05) is 30.3 Å². The van der Waals surface area contributed by atoms with Gasteiger partial charge in [-0.15, -0.1) is 0 Å². The van der Waals surface area contributed by atoms with E-state index in [0.29, 0.717) is 0 Å². The first-order valence-electron chi connectivity index (χ1n) is 5.62. The quantitative estimate of drug-likeness (QED) is 0.542. The lowest BCUT2D eigenvalue weighted by molar-refractivity contribution is -0.146. The maximum atomic E-state index is 11.2. The number of esters is 1. The van der Waals surface area contributed by atoms with Crippen molar-refractivity contribution in [1.82, 2.24) is 0 Å². The molecule has 0 saturated carbocycles. The Kier molecular flexibility index (Phi) is 2.50. The zero-order valence-corrected chi connectivity index (χ0v) is 7.53. The van der Waals surface area contributed by atoms with Gasteiger partial charge >= 0.3 is 5.97 Å². The van der Waals surface area contributed by atoms with E-state index in [1.165, 1.54) is 0 Å². The molecule has 1 rings (SSSR count). The second-order valence-corrected chi connectivity index (χ2v) is 2.75. The topological polar surface area (TPSA) is 43.4 Å². The average molecular weight is 195 g/mol. The molecule has 0 unspecified atom stereocenters. The molecule has 0 N–H and O–H groups in total. The minimum Gasteiger partial charge on any atom is -0.460 e. The SMILES string of the molecule is [2H]C([2H])([2H])C(=O)CC(=O)OCc1ccccc1. The molecule has 0 amide bonds. The molecule has 0 fully saturated rings. The van der Waals surface area contributed by atoms with Crippen molar-refractivity contribution in [3.8, 4) is 0 Å². The number of hydrogen-bond donors (Lipinski definition) is 0. The van der Waals surface area contributed by atoms with Gasteiger partial charge in [-0.3, -0.25) is 9.59 Å². The van der Waals surface area contributed by atoms with Crippen LogP contribution in [0.1, 0.15) is 22.9 Å². The molecule has 1 aromatic rings. The summed E-state index contributed by atoms with van der Waals surface area (Å²) in [4.78, 5) is 22.2. The van der Waals surface area contributed by atoms with Crippen molar-refractivity contribution in [3.63, 3.8) is 0 Å². The lowest BCUT2D eigenvalue weighted by Gasteiger charge is -2.02. The molecule has 0 aliphatic rings.